The first kappa shape index (κ1) is 21.1. The van der Waals surface area contributed by atoms with E-state index in [4.69, 9.17) is 18.9 Å². The fourth-order valence-electron chi connectivity index (χ4n) is 3.57. The van der Waals surface area contributed by atoms with Gasteiger partial charge < -0.3 is 18.9 Å². The van der Waals surface area contributed by atoms with E-state index in [0.717, 1.165) is 24.2 Å². The van der Waals surface area contributed by atoms with Gasteiger partial charge in [-0.3, -0.25) is 0 Å². The predicted molar refractivity (Wildman–Crippen MR) is 115 cm³/mol. The largest absolute Gasteiger partial charge is 0.491 e. The maximum Gasteiger partial charge on any atom is 0.159 e. The minimum atomic E-state index is 0.215. The monoisotopic (exact) mass is 412 g/mol. The van der Waals surface area contributed by atoms with Gasteiger partial charge in [0.1, 0.15) is 31.2 Å². The second-order valence-corrected chi connectivity index (χ2v) is 8.10. The lowest BCUT2D eigenvalue weighted by Crippen LogP contribution is -2.08. The number of benzene rings is 1. The lowest BCUT2D eigenvalue weighted by atomic mass is 10.1. The molecule has 30 heavy (non-hydrogen) atoms. The van der Waals surface area contributed by atoms with Gasteiger partial charge in [-0.25, -0.2) is 9.97 Å². The van der Waals surface area contributed by atoms with Crippen LogP contribution in [0.25, 0.3) is 11.4 Å². The number of nitrogens with zero attached hydrogens (tertiary/aromatic N) is 2. The van der Waals surface area contributed by atoms with Crippen LogP contribution in [0.15, 0.2) is 36.7 Å². The van der Waals surface area contributed by atoms with Gasteiger partial charge in [0.05, 0.1) is 24.6 Å². The molecule has 2 aliphatic rings. The predicted octanol–water partition coefficient (Wildman–Crippen LogP) is 4.82. The molecule has 6 nitrogen and oxygen atoms in total. The lowest BCUT2D eigenvalue weighted by Gasteiger charge is -2.07. The third-order valence-electron chi connectivity index (χ3n) is 5.63. The van der Waals surface area contributed by atoms with Gasteiger partial charge in [-0.2, -0.15) is 0 Å². The summed E-state index contributed by atoms with van der Waals surface area (Å²) in [4.78, 5) is 8.86. The minimum absolute atomic E-state index is 0.215. The number of aromatic nitrogens is 2. The molecule has 0 saturated carbocycles. The van der Waals surface area contributed by atoms with Crippen molar-refractivity contribution in [3.8, 4) is 22.9 Å². The Balaban J connectivity index is 1.20. The average Bonchev–Trinajstić information content (AvgIpc) is 3.71. The summed E-state index contributed by atoms with van der Waals surface area (Å²) in [6.07, 6.45) is 11.7. The first-order valence-electron chi connectivity index (χ1n) is 11.3. The molecule has 162 valence electrons. The fraction of sp³-hybridized carbons (Fsp3) is 0.583. The van der Waals surface area contributed by atoms with Crippen molar-refractivity contribution in [2.75, 3.05) is 13.2 Å². The Morgan fingerprint density at radius 3 is 1.80 bits per heavy atom. The summed E-state index contributed by atoms with van der Waals surface area (Å²) < 4.78 is 22.9. The highest BCUT2D eigenvalue weighted by atomic mass is 16.6. The van der Waals surface area contributed by atoms with Gasteiger partial charge in [0.25, 0.3) is 0 Å². The second-order valence-electron chi connectivity index (χ2n) is 8.10. The number of hydrogen-bond donors (Lipinski definition) is 0. The van der Waals surface area contributed by atoms with Gasteiger partial charge >= 0.3 is 0 Å². The van der Waals surface area contributed by atoms with Crippen molar-refractivity contribution in [2.45, 2.75) is 76.8 Å². The highest BCUT2D eigenvalue weighted by Gasteiger charge is 2.39. The molecular weight excluding hydrogens is 380 g/mol. The summed E-state index contributed by atoms with van der Waals surface area (Å²) in [5, 5.41) is 0. The van der Waals surface area contributed by atoms with Crippen LogP contribution in [0.2, 0.25) is 0 Å². The van der Waals surface area contributed by atoms with Crippen molar-refractivity contribution in [1.82, 2.24) is 9.97 Å². The Kier molecular flexibility index (Phi) is 7.18. The minimum Gasteiger partial charge on any atom is -0.491 e. The average molecular weight is 413 g/mol. The molecule has 1 aromatic heterocycles. The molecule has 1 aromatic carbocycles. The van der Waals surface area contributed by atoms with Gasteiger partial charge in [0, 0.05) is 5.56 Å². The van der Waals surface area contributed by atoms with E-state index in [1.54, 1.807) is 12.4 Å². The molecule has 0 N–H and O–H groups in total. The zero-order chi connectivity index (χ0) is 20.8. The summed E-state index contributed by atoms with van der Waals surface area (Å²) in [5.74, 6) is 2.18. The normalized spacial score (nSPS) is 24.5. The fourth-order valence-corrected chi connectivity index (χ4v) is 3.57. The lowest BCUT2D eigenvalue weighted by molar-refractivity contribution is 0.258. The topological polar surface area (TPSA) is 69.3 Å². The Morgan fingerprint density at radius 2 is 1.27 bits per heavy atom. The maximum absolute atomic E-state index is 5.85. The Hall–Kier alpha value is -2.18. The summed E-state index contributed by atoms with van der Waals surface area (Å²) in [6.45, 7) is 5.57. The number of ether oxygens (including phenoxy) is 4. The van der Waals surface area contributed by atoms with Gasteiger partial charge in [0.2, 0.25) is 0 Å². The number of unbranched alkanes of at least 4 members (excludes halogenated alkanes) is 2. The van der Waals surface area contributed by atoms with Crippen LogP contribution in [0.1, 0.15) is 52.4 Å². The molecule has 0 bridgehead atoms. The van der Waals surface area contributed by atoms with E-state index < -0.39 is 0 Å². The van der Waals surface area contributed by atoms with Gasteiger partial charge in [-0.15, -0.1) is 0 Å². The van der Waals surface area contributed by atoms with E-state index >= 15 is 0 Å². The zero-order valence-electron chi connectivity index (χ0n) is 18.0. The summed E-state index contributed by atoms with van der Waals surface area (Å²) in [6, 6.07) is 7.86. The molecule has 4 unspecified atom stereocenters. The third-order valence-corrected chi connectivity index (χ3v) is 5.63. The smallest absolute Gasteiger partial charge is 0.159 e. The van der Waals surface area contributed by atoms with E-state index in [2.05, 4.69) is 23.8 Å². The first-order chi connectivity index (χ1) is 14.8. The Bertz CT molecular complexity index is 713. The number of epoxide rings is 2. The van der Waals surface area contributed by atoms with E-state index in [1.807, 2.05) is 24.3 Å². The molecule has 0 amide bonds. The molecule has 4 atom stereocenters. The Labute approximate surface area is 178 Å². The Morgan fingerprint density at radius 1 is 0.733 bits per heavy atom. The van der Waals surface area contributed by atoms with Crippen LogP contribution in [0.4, 0.5) is 0 Å². The van der Waals surface area contributed by atoms with Crippen LogP contribution >= 0.6 is 0 Å². The molecule has 2 fully saturated rings. The van der Waals surface area contributed by atoms with Crippen LogP contribution in [0.3, 0.4) is 0 Å². The molecular formula is C24H32N2O4. The van der Waals surface area contributed by atoms with Crippen molar-refractivity contribution >= 4 is 0 Å². The zero-order valence-corrected chi connectivity index (χ0v) is 18.0. The second kappa shape index (κ2) is 10.2. The van der Waals surface area contributed by atoms with Crippen molar-refractivity contribution < 1.29 is 18.9 Å². The van der Waals surface area contributed by atoms with Crippen LogP contribution in [0.5, 0.6) is 11.5 Å². The maximum atomic E-state index is 5.85. The molecule has 0 radical (unpaired) electrons. The summed E-state index contributed by atoms with van der Waals surface area (Å²) >= 11 is 0. The quantitative estimate of drug-likeness (QED) is 0.440. The van der Waals surface area contributed by atoms with Crippen molar-refractivity contribution in [3.63, 3.8) is 0 Å². The number of hydrogen-bond acceptors (Lipinski definition) is 6. The molecule has 2 aliphatic heterocycles. The van der Waals surface area contributed by atoms with E-state index in [9.17, 15) is 0 Å². The number of rotatable bonds is 13. The molecule has 2 aromatic rings. The molecule has 2 saturated heterocycles. The van der Waals surface area contributed by atoms with Crippen LogP contribution < -0.4 is 9.47 Å². The molecule has 4 rings (SSSR count). The highest BCUT2D eigenvalue weighted by Crippen LogP contribution is 2.29. The summed E-state index contributed by atoms with van der Waals surface area (Å²) in [5.41, 5.74) is 0.947. The summed E-state index contributed by atoms with van der Waals surface area (Å²) in [7, 11) is 0. The third kappa shape index (κ3) is 5.92. The highest BCUT2D eigenvalue weighted by molar-refractivity contribution is 5.56. The SMILES string of the molecule is CCCCC1OC1COc1ccc(-c2ncc(OCC3OC3CCCC)cn2)cc1. The van der Waals surface area contributed by atoms with Crippen LogP contribution in [-0.2, 0) is 9.47 Å². The van der Waals surface area contributed by atoms with Crippen molar-refractivity contribution in [1.29, 1.82) is 0 Å². The van der Waals surface area contributed by atoms with E-state index in [1.165, 1.54) is 25.7 Å². The van der Waals surface area contributed by atoms with Crippen molar-refractivity contribution in [2.24, 2.45) is 0 Å². The molecule has 3 heterocycles. The standard InChI is InChI=1S/C24H32N2O4/c1-3-5-7-20-22(29-20)15-27-18-11-9-17(10-12-18)24-25-13-19(14-26-24)28-16-23-21(30-23)8-6-4-2/h9-14,20-23H,3-8,15-16H2,1-2H3. The van der Waals surface area contributed by atoms with E-state index in [-0.39, 0.29) is 12.2 Å². The van der Waals surface area contributed by atoms with Gasteiger partial charge in [-0.1, -0.05) is 39.5 Å². The molecule has 0 spiro atoms. The van der Waals surface area contributed by atoms with Crippen molar-refractivity contribution in [3.05, 3.63) is 36.7 Å². The van der Waals surface area contributed by atoms with Gasteiger partial charge in [0.15, 0.2) is 11.6 Å². The van der Waals surface area contributed by atoms with Gasteiger partial charge in [-0.05, 0) is 37.1 Å². The molecule has 0 aliphatic carbocycles. The van der Waals surface area contributed by atoms with Crippen LogP contribution in [0, 0.1) is 0 Å². The van der Waals surface area contributed by atoms with E-state index in [0.29, 0.717) is 37.0 Å². The first-order valence-corrected chi connectivity index (χ1v) is 11.3. The van der Waals surface area contributed by atoms with Crippen LogP contribution in [-0.4, -0.2) is 47.6 Å². The molecule has 6 heteroatoms.